The summed E-state index contributed by atoms with van der Waals surface area (Å²) in [5, 5.41) is 8.47. The summed E-state index contributed by atoms with van der Waals surface area (Å²) >= 11 is 4.27. The third-order valence-corrected chi connectivity index (χ3v) is 0. The molecule has 0 saturated carbocycles. The highest BCUT2D eigenvalue weighted by Crippen LogP contribution is 1.32. The first kappa shape index (κ1) is 9.12. The summed E-state index contributed by atoms with van der Waals surface area (Å²) in [6.45, 7) is 1.56. The molecule has 0 aromatic carbocycles. The van der Waals surface area contributed by atoms with Gasteiger partial charge in [-0.25, -0.2) is 0 Å². The summed E-state index contributed by atoms with van der Waals surface area (Å²) in [6.07, 6.45) is 0. The molecule has 36 valence electrons. The lowest BCUT2D eigenvalue weighted by atomic mass is 11.0. The molecule has 0 saturated heterocycles. The maximum atomic E-state index is 8.36. The van der Waals surface area contributed by atoms with Gasteiger partial charge in [-0.1, -0.05) is 12.2 Å². The van der Waals surface area contributed by atoms with Crippen LogP contribution in [0.4, 0.5) is 0 Å². The van der Waals surface area contributed by atoms with Gasteiger partial charge in [-0.3, -0.25) is 4.79 Å². The van der Waals surface area contributed by atoms with Gasteiger partial charge < -0.3 is 5.11 Å². The van der Waals surface area contributed by atoms with Crippen molar-refractivity contribution in [1.82, 2.24) is 0 Å². The van der Waals surface area contributed by atoms with Crippen LogP contribution >= 0.6 is 12.2 Å². The zero-order valence-corrected chi connectivity index (χ0v) is 4.23. The van der Waals surface area contributed by atoms with E-state index in [0.717, 1.165) is 0 Å². The Balaban J connectivity index is 0. The molecule has 0 radical (unpaired) electrons. The summed E-state index contributed by atoms with van der Waals surface area (Å²) in [5.41, 5.74) is 0. The predicted molar refractivity (Wildman–Crippen MR) is 28.0 cm³/mol. The van der Waals surface area contributed by atoms with Gasteiger partial charge in [0.1, 0.15) is 0 Å². The van der Waals surface area contributed by atoms with Gasteiger partial charge in [0, 0.05) is 0 Å². The Bertz CT molecular complexity index is 29.8. The van der Waals surface area contributed by atoms with Crippen LogP contribution in [0, 0.1) is 0 Å². The van der Waals surface area contributed by atoms with Gasteiger partial charge in [0.05, 0.1) is 0 Å². The Morgan fingerprint density at radius 1 is 1.83 bits per heavy atom. The summed E-state index contributed by atoms with van der Waals surface area (Å²) in [7, 11) is 0. The zero-order chi connectivity index (χ0) is 5.41. The molecule has 0 fully saturated rings. The Labute approximate surface area is 41.8 Å². The van der Waals surface area contributed by atoms with E-state index in [4.69, 9.17) is 9.90 Å². The van der Waals surface area contributed by atoms with Crippen molar-refractivity contribution >= 4 is 24.1 Å². The van der Waals surface area contributed by atoms with Crippen molar-refractivity contribution in [3.63, 3.8) is 0 Å². The lowest BCUT2D eigenvalue weighted by molar-refractivity contribution is -0.122. The highest BCUT2D eigenvalue weighted by Gasteiger charge is 1.22. The molecule has 0 bridgehead atoms. The van der Waals surface area contributed by atoms with Crippen molar-refractivity contribution in [2.24, 2.45) is 0 Å². The van der Waals surface area contributed by atoms with E-state index in [1.165, 1.54) is 0 Å². The van der Waals surface area contributed by atoms with E-state index in [1.807, 2.05) is 6.92 Å². The van der Waals surface area contributed by atoms with E-state index >= 15 is 0 Å². The molecule has 0 aliphatic rings. The van der Waals surface area contributed by atoms with Gasteiger partial charge in [0.15, 0.2) is 0 Å². The Morgan fingerprint density at radius 2 is 1.83 bits per heavy atom. The molecule has 0 rings (SSSR count). The van der Waals surface area contributed by atoms with Crippen molar-refractivity contribution < 1.29 is 9.90 Å². The van der Waals surface area contributed by atoms with Crippen LogP contribution in [0.2, 0.25) is 0 Å². The Morgan fingerprint density at radius 3 is 1.83 bits per heavy atom. The number of carboxylic acid groups (broad SMARTS) is 1. The topological polar surface area (TPSA) is 37.3 Å². The van der Waals surface area contributed by atoms with Crippen LogP contribution in [-0.4, -0.2) is 16.9 Å². The molecule has 0 aromatic heterocycles. The van der Waals surface area contributed by atoms with E-state index in [2.05, 4.69) is 12.2 Å². The van der Waals surface area contributed by atoms with Gasteiger partial charge in [0.2, 0.25) is 0 Å². The number of carbonyl (C=O) groups is 1. The van der Waals surface area contributed by atoms with Crippen LogP contribution < -0.4 is 0 Å². The molecule has 0 spiro atoms. The molecule has 0 unspecified atom stereocenters. The third-order valence-electron chi connectivity index (χ3n) is 0. The minimum Gasteiger partial charge on any atom is -0.483 e. The first-order chi connectivity index (χ1) is 2.83. The molecular formula is C3H6O2S. The quantitative estimate of drug-likeness (QED) is 0.365. The van der Waals surface area contributed by atoms with E-state index in [1.54, 1.807) is 5.37 Å². The van der Waals surface area contributed by atoms with Crippen molar-refractivity contribution in [2.45, 2.75) is 6.92 Å². The maximum absolute atomic E-state index is 8.36. The SMILES string of the molecule is CC=S.O=CO. The van der Waals surface area contributed by atoms with Crippen molar-refractivity contribution in [1.29, 1.82) is 0 Å². The minimum atomic E-state index is -0.250. The second kappa shape index (κ2) is 23.7. The van der Waals surface area contributed by atoms with Crippen LogP contribution in [0.5, 0.6) is 0 Å². The zero-order valence-electron chi connectivity index (χ0n) is 3.42. The Hall–Kier alpha value is -0.440. The first-order valence-corrected chi connectivity index (χ1v) is 1.78. The number of rotatable bonds is 0. The molecule has 0 heterocycles. The second-order valence-electron chi connectivity index (χ2n) is 0.341. The second-order valence-corrected chi connectivity index (χ2v) is 0.813. The molecule has 3 heteroatoms. The number of hydrogen-bond acceptors (Lipinski definition) is 2. The van der Waals surface area contributed by atoms with Crippen molar-refractivity contribution in [3.05, 3.63) is 0 Å². The van der Waals surface area contributed by atoms with Crippen molar-refractivity contribution in [2.75, 3.05) is 0 Å². The fourth-order valence-electron chi connectivity index (χ4n) is 0. The van der Waals surface area contributed by atoms with Crippen molar-refractivity contribution in [3.8, 4) is 0 Å². The van der Waals surface area contributed by atoms with Crippen LogP contribution in [0.1, 0.15) is 6.92 Å². The van der Waals surface area contributed by atoms with Gasteiger partial charge >= 0.3 is 0 Å². The standard InChI is InChI=1S/C2H4S.CH2O2/c1-2-3;2-1-3/h2H,1H3;1H,(H,2,3). The largest absolute Gasteiger partial charge is 0.483 e. The molecular weight excluding hydrogens is 100 g/mol. The molecule has 1 N–H and O–H groups in total. The molecule has 0 amide bonds. The van der Waals surface area contributed by atoms with Crippen LogP contribution in [0.15, 0.2) is 0 Å². The van der Waals surface area contributed by atoms with E-state index in [-0.39, 0.29) is 6.47 Å². The number of hydrogen-bond donors (Lipinski definition) is 1. The predicted octanol–water partition coefficient (Wildman–Crippen LogP) is 0.707. The smallest absolute Gasteiger partial charge is 0.290 e. The normalized spacial score (nSPS) is 4.17. The summed E-state index contributed by atoms with van der Waals surface area (Å²) in [4.78, 5) is 8.36. The Kier molecular flexibility index (Phi) is 36.1. The van der Waals surface area contributed by atoms with Gasteiger partial charge in [-0.05, 0) is 12.3 Å². The average Bonchev–Trinajstić information content (AvgIpc) is 1.39. The fraction of sp³-hybridized carbons (Fsp3) is 0.333. The highest BCUT2D eigenvalue weighted by atomic mass is 32.1. The summed E-state index contributed by atoms with van der Waals surface area (Å²) < 4.78 is 0. The molecule has 0 atom stereocenters. The first-order valence-electron chi connectivity index (χ1n) is 1.31. The highest BCUT2D eigenvalue weighted by molar-refractivity contribution is 7.78. The summed E-state index contributed by atoms with van der Waals surface area (Å²) in [6, 6.07) is 0. The maximum Gasteiger partial charge on any atom is 0.290 e. The van der Waals surface area contributed by atoms with Crippen LogP contribution in [-0.2, 0) is 4.79 Å². The van der Waals surface area contributed by atoms with E-state index < -0.39 is 0 Å². The van der Waals surface area contributed by atoms with E-state index in [0.29, 0.717) is 0 Å². The average molecular weight is 106 g/mol. The minimum absolute atomic E-state index is 0.250. The van der Waals surface area contributed by atoms with Gasteiger partial charge in [-0.2, -0.15) is 0 Å². The van der Waals surface area contributed by atoms with Crippen LogP contribution in [0.25, 0.3) is 0 Å². The fourth-order valence-corrected chi connectivity index (χ4v) is 0. The molecule has 0 aromatic rings. The van der Waals surface area contributed by atoms with Gasteiger partial charge in [0.25, 0.3) is 6.47 Å². The third kappa shape index (κ3) is 121. The van der Waals surface area contributed by atoms with Gasteiger partial charge in [-0.15, -0.1) is 0 Å². The molecule has 2 nitrogen and oxygen atoms in total. The lowest BCUT2D eigenvalue weighted by Gasteiger charge is -1.34. The summed E-state index contributed by atoms with van der Waals surface area (Å²) in [5.74, 6) is 0. The van der Waals surface area contributed by atoms with Crippen LogP contribution in [0.3, 0.4) is 0 Å². The molecule has 0 aliphatic carbocycles. The monoisotopic (exact) mass is 106 g/mol. The molecule has 0 aliphatic heterocycles. The lowest BCUT2D eigenvalue weighted by Crippen LogP contribution is -1.49. The van der Waals surface area contributed by atoms with E-state index in [9.17, 15) is 0 Å². The number of thiocarbonyl (C=S) groups is 1. The molecule has 6 heavy (non-hydrogen) atoms.